The second-order valence-corrected chi connectivity index (χ2v) is 6.16. The summed E-state index contributed by atoms with van der Waals surface area (Å²) in [4.78, 5) is 0. The number of hydrogen-bond donors (Lipinski definition) is 0. The van der Waals surface area contributed by atoms with E-state index in [2.05, 4.69) is 60.7 Å². The molecule has 0 unspecified atom stereocenters. The summed E-state index contributed by atoms with van der Waals surface area (Å²) in [6, 6.07) is 29.4. The van der Waals surface area contributed by atoms with E-state index in [0.717, 1.165) is 11.5 Å². The molecule has 4 aromatic rings. The lowest BCUT2D eigenvalue weighted by atomic mass is 9.92. The van der Waals surface area contributed by atoms with Gasteiger partial charge < -0.3 is 9.47 Å². The van der Waals surface area contributed by atoms with Crippen molar-refractivity contribution in [2.24, 2.45) is 0 Å². The van der Waals surface area contributed by atoms with Gasteiger partial charge in [0.1, 0.15) is 11.5 Å². The quantitative estimate of drug-likeness (QED) is 0.441. The summed E-state index contributed by atoms with van der Waals surface area (Å²) in [6.07, 6.45) is 0. The molecule has 0 heterocycles. The SMILES string of the molecule is COc1ccc(-c2ccc(-c3ccc(OC)cc3)c3ccccc23)cc1. The summed E-state index contributed by atoms with van der Waals surface area (Å²) in [5.41, 5.74) is 4.81. The van der Waals surface area contributed by atoms with Crippen LogP contribution in [0.2, 0.25) is 0 Å². The van der Waals surface area contributed by atoms with E-state index in [4.69, 9.17) is 9.47 Å². The Labute approximate surface area is 153 Å². The first kappa shape index (κ1) is 16.2. The first-order chi connectivity index (χ1) is 12.8. The minimum absolute atomic E-state index is 0.868. The Balaban J connectivity index is 1.87. The van der Waals surface area contributed by atoms with Crippen molar-refractivity contribution >= 4 is 10.8 Å². The summed E-state index contributed by atoms with van der Waals surface area (Å²) >= 11 is 0. The van der Waals surface area contributed by atoms with Crippen molar-refractivity contribution < 1.29 is 9.47 Å². The normalized spacial score (nSPS) is 10.7. The van der Waals surface area contributed by atoms with Crippen LogP contribution in [0.3, 0.4) is 0 Å². The van der Waals surface area contributed by atoms with Crippen LogP contribution >= 0.6 is 0 Å². The number of methoxy groups -OCH3 is 2. The zero-order valence-corrected chi connectivity index (χ0v) is 14.9. The molecule has 0 fully saturated rings. The summed E-state index contributed by atoms with van der Waals surface area (Å²) in [5, 5.41) is 2.48. The molecule has 4 aromatic carbocycles. The molecule has 0 aromatic heterocycles. The van der Waals surface area contributed by atoms with E-state index in [1.807, 2.05) is 24.3 Å². The van der Waals surface area contributed by atoms with Crippen LogP contribution in [0, 0.1) is 0 Å². The van der Waals surface area contributed by atoms with Crippen LogP contribution in [0.4, 0.5) is 0 Å². The number of benzene rings is 4. The molecule has 26 heavy (non-hydrogen) atoms. The smallest absolute Gasteiger partial charge is 0.118 e. The maximum Gasteiger partial charge on any atom is 0.118 e. The minimum Gasteiger partial charge on any atom is -0.497 e. The van der Waals surface area contributed by atoms with Crippen LogP contribution in [0.15, 0.2) is 84.9 Å². The Hall–Kier alpha value is -3.26. The molecule has 0 atom stereocenters. The summed E-state index contributed by atoms with van der Waals surface area (Å²) in [7, 11) is 3.38. The molecule has 0 amide bonds. The molecule has 2 nitrogen and oxygen atoms in total. The third-order valence-corrected chi connectivity index (χ3v) is 4.73. The van der Waals surface area contributed by atoms with Gasteiger partial charge in [0.2, 0.25) is 0 Å². The van der Waals surface area contributed by atoms with Crippen molar-refractivity contribution in [2.45, 2.75) is 0 Å². The van der Waals surface area contributed by atoms with E-state index in [-0.39, 0.29) is 0 Å². The number of ether oxygens (including phenoxy) is 2. The highest BCUT2D eigenvalue weighted by atomic mass is 16.5. The van der Waals surface area contributed by atoms with Gasteiger partial charge in [-0.1, -0.05) is 60.7 Å². The number of hydrogen-bond acceptors (Lipinski definition) is 2. The highest BCUT2D eigenvalue weighted by Gasteiger charge is 2.09. The molecule has 128 valence electrons. The van der Waals surface area contributed by atoms with Crippen molar-refractivity contribution in [3.05, 3.63) is 84.9 Å². The average molecular weight is 340 g/mol. The molecular formula is C24H20O2. The fourth-order valence-corrected chi connectivity index (χ4v) is 3.34. The zero-order valence-electron chi connectivity index (χ0n) is 14.9. The molecular weight excluding hydrogens is 320 g/mol. The van der Waals surface area contributed by atoms with Crippen LogP contribution in [0.25, 0.3) is 33.0 Å². The minimum atomic E-state index is 0.868. The lowest BCUT2D eigenvalue weighted by Crippen LogP contribution is -1.87. The second kappa shape index (κ2) is 6.93. The molecule has 0 aliphatic rings. The Morgan fingerprint density at radius 1 is 0.462 bits per heavy atom. The van der Waals surface area contributed by atoms with E-state index >= 15 is 0 Å². The topological polar surface area (TPSA) is 18.5 Å². The molecule has 4 rings (SSSR count). The fraction of sp³-hybridized carbons (Fsp3) is 0.0833. The molecule has 0 aliphatic carbocycles. The van der Waals surface area contributed by atoms with Gasteiger partial charge in [-0.15, -0.1) is 0 Å². The van der Waals surface area contributed by atoms with Crippen LogP contribution in [-0.2, 0) is 0 Å². The maximum absolute atomic E-state index is 5.28. The molecule has 0 saturated heterocycles. The highest BCUT2D eigenvalue weighted by Crippen LogP contribution is 2.36. The van der Waals surface area contributed by atoms with Crippen molar-refractivity contribution in [3.8, 4) is 33.8 Å². The van der Waals surface area contributed by atoms with E-state index in [0.29, 0.717) is 0 Å². The Morgan fingerprint density at radius 2 is 0.846 bits per heavy atom. The van der Waals surface area contributed by atoms with Gasteiger partial charge in [-0.05, 0) is 57.3 Å². The van der Waals surface area contributed by atoms with Crippen molar-refractivity contribution in [2.75, 3.05) is 14.2 Å². The first-order valence-electron chi connectivity index (χ1n) is 8.61. The molecule has 0 aliphatic heterocycles. The van der Waals surface area contributed by atoms with Crippen LogP contribution in [0.1, 0.15) is 0 Å². The number of fused-ring (bicyclic) bond motifs is 1. The van der Waals surface area contributed by atoms with Gasteiger partial charge >= 0.3 is 0 Å². The standard InChI is InChI=1S/C24H20O2/c1-25-19-11-7-17(8-12-19)21-15-16-22(24-6-4-3-5-23(21)24)18-9-13-20(26-2)14-10-18/h3-16H,1-2H3. The van der Waals surface area contributed by atoms with Crippen molar-refractivity contribution in [1.29, 1.82) is 0 Å². The fourth-order valence-electron chi connectivity index (χ4n) is 3.34. The average Bonchev–Trinajstić information content (AvgIpc) is 2.73. The Kier molecular flexibility index (Phi) is 4.32. The van der Waals surface area contributed by atoms with Gasteiger partial charge in [0, 0.05) is 0 Å². The highest BCUT2D eigenvalue weighted by molar-refractivity contribution is 6.04. The largest absolute Gasteiger partial charge is 0.497 e. The van der Waals surface area contributed by atoms with E-state index in [1.165, 1.54) is 33.0 Å². The Bertz CT molecular complexity index is 946. The lowest BCUT2D eigenvalue weighted by Gasteiger charge is -2.13. The summed E-state index contributed by atoms with van der Waals surface area (Å²) < 4.78 is 10.6. The van der Waals surface area contributed by atoms with Gasteiger partial charge in [-0.3, -0.25) is 0 Å². The van der Waals surface area contributed by atoms with Gasteiger partial charge in [0.15, 0.2) is 0 Å². The van der Waals surface area contributed by atoms with Crippen molar-refractivity contribution in [3.63, 3.8) is 0 Å². The van der Waals surface area contributed by atoms with Crippen LogP contribution < -0.4 is 9.47 Å². The lowest BCUT2D eigenvalue weighted by molar-refractivity contribution is 0.415. The molecule has 0 saturated carbocycles. The third-order valence-electron chi connectivity index (χ3n) is 4.73. The predicted molar refractivity (Wildman–Crippen MR) is 108 cm³/mol. The monoisotopic (exact) mass is 340 g/mol. The summed E-state index contributed by atoms with van der Waals surface area (Å²) in [6.45, 7) is 0. The molecule has 2 heteroatoms. The van der Waals surface area contributed by atoms with E-state index in [9.17, 15) is 0 Å². The molecule has 0 bridgehead atoms. The van der Waals surface area contributed by atoms with Gasteiger partial charge in [-0.2, -0.15) is 0 Å². The third kappa shape index (κ3) is 2.91. The predicted octanol–water partition coefficient (Wildman–Crippen LogP) is 6.19. The number of rotatable bonds is 4. The second-order valence-electron chi connectivity index (χ2n) is 6.16. The zero-order chi connectivity index (χ0) is 17.9. The first-order valence-corrected chi connectivity index (χ1v) is 8.61. The summed E-state index contributed by atoms with van der Waals surface area (Å²) in [5.74, 6) is 1.74. The van der Waals surface area contributed by atoms with Gasteiger partial charge in [0.05, 0.1) is 14.2 Å². The van der Waals surface area contributed by atoms with Gasteiger partial charge in [0.25, 0.3) is 0 Å². The Morgan fingerprint density at radius 3 is 1.19 bits per heavy atom. The maximum atomic E-state index is 5.28. The molecule has 0 radical (unpaired) electrons. The van der Waals surface area contributed by atoms with Gasteiger partial charge in [-0.25, -0.2) is 0 Å². The van der Waals surface area contributed by atoms with E-state index < -0.39 is 0 Å². The molecule has 0 spiro atoms. The van der Waals surface area contributed by atoms with Crippen LogP contribution in [0.5, 0.6) is 11.5 Å². The molecule has 0 N–H and O–H groups in total. The van der Waals surface area contributed by atoms with Crippen LogP contribution in [-0.4, -0.2) is 14.2 Å². The van der Waals surface area contributed by atoms with Crippen molar-refractivity contribution in [1.82, 2.24) is 0 Å². The van der Waals surface area contributed by atoms with E-state index in [1.54, 1.807) is 14.2 Å².